The molecule has 0 radical (unpaired) electrons. The van der Waals surface area contributed by atoms with E-state index >= 15 is 0 Å². The maximum Gasteiger partial charge on any atom is 0.312 e. The van der Waals surface area contributed by atoms with Crippen molar-refractivity contribution in [1.82, 2.24) is 24.7 Å². The summed E-state index contributed by atoms with van der Waals surface area (Å²) in [4.78, 5) is 44.5. The zero-order valence-corrected chi connectivity index (χ0v) is 19.2. The van der Waals surface area contributed by atoms with Gasteiger partial charge in [-0.05, 0) is 44.9 Å². The Balaban J connectivity index is 1.54. The van der Waals surface area contributed by atoms with Gasteiger partial charge in [-0.25, -0.2) is 4.98 Å². The topological polar surface area (TPSA) is 87.5 Å². The van der Waals surface area contributed by atoms with Crippen molar-refractivity contribution in [3.63, 3.8) is 0 Å². The molecular weight excluding hydrogens is 414 g/mol. The number of imidazole rings is 1. The number of nitrogens with one attached hydrogen (secondary N) is 1. The van der Waals surface area contributed by atoms with E-state index in [4.69, 9.17) is 0 Å². The molecule has 0 unspecified atom stereocenters. The average molecular weight is 444 g/mol. The van der Waals surface area contributed by atoms with E-state index in [2.05, 4.69) is 35.4 Å². The SMILES string of the molecule is Cc1ccc(C)c(-n2ccnc2SCC(=O)N2CCN(C(=O)C(=O)NC(C)C)CC2)c1. The molecule has 1 aliphatic rings. The Kier molecular flexibility index (Phi) is 7.37. The first-order valence-corrected chi connectivity index (χ1v) is 11.4. The van der Waals surface area contributed by atoms with Crippen LogP contribution in [0.5, 0.6) is 0 Å². The largest absolute Gasteiger partial charge is 0.346 e. The number of nitrogens with zero attached hydrogens (tertiary/aromatic N) is 4. The number of amides is 3. The Morgan fingerprint density at radius 1 is 1.10 bits per heavy atom. The van der Waals surface area contributed by atoms with Gasteiger partial charge in [-0.2, -0.15) is 0 Å². The molecule has 0 spiro atoms. The predicted molar refractivity (Wildman–Crippen MR) is 120 cm³/mol. The minimum absolute atomic E-state index is 0.000699. The van der Waals surface area contributed by atoms with E-state index in [-0.39, 0.29) is 17.7 Å². The van der Waals surface area contributed by atoms with Crippen LogP contribution in [0.1, 0.15) is 25.0 Å². The van der Waals surface area contributed by atoms with Crippen LogP contribution >= 0.6 is 11.8 Å². The van der Waals surface area contributed by atoms with E-state index in [0.29, 0.717) is 26.2 Å². The summed E-state index contributed by atoms with van der Waals surface area (Å²) in [5.41, 5.74) is 3.36. The highest BCUT2D eigenvalue weighted by atomic mass is 32.2. The molecule has 0 aliphatic carbocycles. The lowest BCUT2D eigenvalue weighted by Crippen LogP contribution is -2.54. The van der Waals surface area contributed by atoms with Crippen molar-refractivity contribution in [2.24, 2.45) is 0 Å². The molecule has 166 valence electrons. The van der Waals surface area contributed by atoms with Gasteiger partial charge in [0.25, 0.3) is 0 Å². The fraction of sp³-hybridized carbons (Fsp3) is 0.455. The number of aryl methyl sites for hydroxylation is 2. The lowest BCUT2D eigenvalue weighted by Gasteiger charge is -2.34. The second-order valence-corrected chi connectivity index (χ2v) is 8.90. The van der Waals surface area contributed by atoms with Crippen LogP contribution in [0, 0.1) is 13.8 Å². The molecule has 9 heteroatoms. The van der Waals surface area contributed by atoms with Crippen molar-refractivity contribution >= 4 is 29.5 Å². The summed E-state index contributed by atoms with van der Waals surface area (Å²) in [5.74, 6) is -0.863. The summed E-state index contributed by atoms with van der Waals surface area (Å²) in [7, 11) is 0. The number of piperazine rings is 1. The molecule has 1 fully saturated rings. The lowest BCUT2D eigenvalue weighted by atomic mass is 10.1. The maximum atomic E-state index is 12.7. The Labute approximate surface area is 187 Å². The molecule has 1 aliphatic heterocycles. The molecule has 1 N–H and O–H groups in total. The summed E-state index contributed by atoms with van der Waals surface area (Å²) in [5, 5.41) is 3.38. The van der Waals surface area contributed by atoms with Gasteiger partial charge in [0.1, 0.15) is 0 Å². The van der Waals surface area contributed by atoms with Gasteiger partial charge in [0, 0.05) is 44.6 Å². The number of rotatable bonds is 5. The molecule has 1 aromatic carbocycles. The number of hydrogen-bond donors (Lipinski definition) is 1. The van der Waals surface area contributed by atoms with Crippen LogP contribution < -0.4 is 5.32 Å². The number of thioether (sulfide) groups is 1. The van der Waals surface area contributed by atoms with Gasteiger partial charge in [0.2, 0.25) is 5.91 Å². The van der Waals surface area contributed by atoms with E-state index in [0.717, 1.165) is 22.0 Å². The number of benzene rings is 1. The number of carbonyl (C=O) groups excluding carboxylic acids is 3. The second kappa shape index (κ2) is 10.00. The van der Waals surface area contributed by atoms with Crippen molar-refractivity contribution in [2.45, 2.75) is 38.9 Å². The van der Waals surface area contributed by atoms with E-state index in [9.17, 15) is 14.4 Å². The average Bonchev–Trinajstić information content (AvgIpc) is 3.21. The fourth-order valence-electron chi connectivity index (χ4n) is 3.40. The number of carbonyl (C=O) groups is 3. The number of hydrogen-bond acceptors (Lipinski definition) is 5. The molecule has 1 saturated heterocycles. The standard InChI is InChI=1S/C22H29N5O3S/c1-15(2)24-20(29)21(30)26-11-9-25(10-12-26)19(28)14-31-22-23-7-8-27(22)18-13-16(3)5-6-17(18)4/h5-8,13,15H,9-12,14H2,1-4H3,(H,24,29). The van der Waals surface area contributed by atoms with Crippen molar-refractivity contribution in [2.75, 3.05) is 31.9 Å². The van der Waals surface area contributed by atoms with E-state index < -0.39 is 11.8 Å². The molecule has 3 rings (SSSR count). The van der Waals surface area contributed by atoms with Gasteiger partial charge in [-0.1, -0.05) is 23.9 Å². The Bertz CT molecular complexity index is 964. The molecule has 3 amide bonds. The summed E-state index contributed by atoms with van der Waals surface area (Å²) in [6.45, 7) is 9.28. The summed E-state index contributed by atoms with van der Waals surface area (Å²) in [6.07, 6.45) is 3.64. The van der Waals surface area contributed by atoms with Crippen LogP contribution in [-0.4, -0.2) is 75.0 Å². The minimum atomic E-state index is -0.594. The first kappa shape index (κ1) is 22.9. The van der Waals surface area contributed by atoms with Gasteiger partial charge in [-0.3, -0.25) is 19.0 Å². The quantitative estimate of drug-likeness (QED) is 0.562. The zero-order valence-electron chi connectivity index (χ0n) is 18.4. The highest BCUT2D eigenvalue weighted by Gasteiger charge is 2.28. The summed E-state index contributed by atoms with van der Waals surface area (Å²) >= 11 is 1.40. The lowest BCUT2D eigenvalue weighted by molar-refractivity contribution is -0.148. The maximum absolute atomic E-state index is 12.7. The van der Waals surface area contributed by atoms with Crippen LogP contribution in [0.2, 0.25) is 0 Å². The monoisotopic (exact) mass is 443 g/mol. The highest BCUT2D eigenvalue weighted by Crippen LogP contribution is 2.24. The van der Waals surface area contributed by atoms with Crippen LogP contribution in [0.15, 0.2) is 35.7 Å². The Morgan fingerprint density at radius 2 is 1.77 bits per heavy atom. The van der Waals surface area contributed by atoms with Crippen molar-refractivity contribution in [3.8, 4) is 5.69 Å². The zero-order chi connectivity index (χ0) is 22.5. The smallest absolute Gasteiger partial charge is 0.312 e. The molecule has 0 atom stereocenters. The molecule has 0 saturated carbocycles. The van der Waals surface area contributed by atoms with Gasteiger partial charge in [-0.15, -0.1) is 0 Å². The van der Waals surface area contributed by atoms with Crippen LogP contribution in [0.4, 0.5) is 0 Å². The first-order chi connectivity index (χ1) is 14.8. The van der Waals surface area contributed by atoms with Gasteiger partial charge < -0.3 is 15.1 Å². The van der Waals surface area contributed by atoms with Crippen molar-refractivity contribution in [3.05, 3.63) is 41.7 Å². The molecule has 1 aromatic heterocycles. The molecular formula is C22H29N5O3S. The van der Waals surface area contributed by atoms with Gasteiger partial charge >= 0.3 is 11.8 Å². The highest BCUT2D eigenvalue weighted by molar-refractivity contribution is 7.99. The van der Waals surface area contributed by atoms with Crippen LogP contribution in [0.25, 0.3) is 5.69 Å². The van der Waals surface area contributed by atoms with Gasteiger partial charge in [0.05, 0.1) is 11.4 Å². The molecule has 2 aromatic rings. The van der Waals surface area contributed by atoms with Crippen molar-refractivity contribution < 1.29 is 14.4 Å². The Hall–Kier alpha value is -2.81. The third kappa shape index (κ3) is 5.66. The van der Waals surface area contributed by atoms with E-state index in [1.807, 2.05) is 31.5 Å². The minimum Gasteiger partial charge on any atom is -0.346 e. The molecule has 8 nitrogen and oxygen atoms in total. The van der Waals surface area contributed by atoms with Crippen LogP contribution in [-0.2, 0) is 14.4 Å². The summed E-state index contributed by atoms with van der Waals surface area (Å²) in [6, 6.07) is 6.16. The second-order valence-electron chi connectivity index (χ2n) is 7.96. The van der Waals surface area contributed by atoms with Gasteiger partial charge in [0.15, 0.2) is 5.16 Å². The van der Waals surface area contributed by atoms with Crippen molar-refractivity contribution in [1.29, 1.82) is 0 Å². The fourth-order valence-corrected chi connectivity index (χ4v) is 4.27. The first-order valence-electron chi connectivity index (χ1n) is 10.4. The van der Waals surface area contributed by atoms with E-state index in [1.165, 1.54) is 16.7 Å². The third-order valence-electron chi connectivity index (χ3n) is 5.09. The third-order valence-corrected chi connectivity index (χ3v) is 6.04. The summed E-state index contributed by atoms with van der Waals surface area (Å²) < 4.78 is 2.00. The van der Waals surface area contributed by atoms with Crippen LogP contribution in [0.3, 0.4) is 0 Å². The Morgan fingerprint density at radius 3 is 2.45 bits per heavy atom. The normalized spacial score (nSPS) is 14.1. The predicted octanol–water partition coefficient (Wildman–Crippen LogP) is 1.78. The molecule has 2 heterocycles. The molecule has 0 bridgehead atoms. The van der Waals surface area contributed by atoms with E-state index in [1.54, 1.807) is 11.1 Å². The molecule has 31 heavy (non-hydrogen) atoms. The number of aromatic nitrogens is 2.